The third kappa shape index (κ3) is 4.82. The van der Waals surface area contributed by atoms with E-state index in [1.54, 1.807) is 0 Å². The van der Waals surface area contributed by atoms with Crippen LogP contribution in [0.2, 0.25) is 5.02 Å². The summed E-state index contributed by atoms with van der Waals surface area (Å²) in [5.41, 5.74) is 5.01. The molecule has 0 aromatic heterocycles. The lowest BCUT2D eigenvalue weighted by Crippen LogP contribution is -2.39. The van der Waals surface area contributed by atoms with E-state index in [9.17, 15) is 19.5 Å². The minimum atomic E-state index is -0.889. The third-order valence-corrected chi connectivity index (χ3v) is 7.42. The molecule has 0 saturated carbocycles. The first-order valence-corrected chi connectivity index (χ1v) is 12.8. The van der Waals surface area contributed by atoms with Crippen LogP contribution in [0.15, 0.2) is 71.1 Å². The first-order valence-electron chi connectivity index (χ1n) is 12.4. The molecular formula is C29H28ClNO5. The number of rotatable bonds is 7. The highest BCUT2D eigenvalue weighted by Crippen LogP contribution is 2.49. The number of carboxylic acid groups (broad SMARTS) is 1. The Hall–Kier alpha value is -3.38. The summed E-state index contributed by atoms with van der Waals surface area (Å²) in [4.78, 5) is 39.9. The van der Waals surface area contributed by atoms with E-state index >= 15 is 0 Å². The lowest BCUT2D eigenvalue weighted by molar-refractivity contribution is -0.137. The lowest BCUT2D eigenvalue weighted by Gasteiger charge is -2.44. The fourth-order valence-corrected chi connectivity index (χ4v) is 5.66. The molecule has 0 bridgehead atoms. The van der Waals surface area contributed by atoms with Gasteiger partial charge in [-0.2, -0.15) is 0 Å². The van der Waals surface area contributed by atoms with E-state index in [4.69, 9.17) is 16.3 Å². The fraction of sp³-hybridized carbons (Fsp3) is 0.345. The number of carboxylic acids is 1. The van der Waals surface area contributed by atoms with E-state index < -0.39 is 11.9 Å². The Morgan fingerprint density at radius 2 is 1.47 bits per heavy atom. The van der Waals surface area contributed by atoms with Gasteiger partial charge in [-0.3, -0.25) is 14.4 Å². The van der Waals surface area contributed by atoms with Crippen molar-refractivity contribution in [3.05, 3.63) is 87.2 Å². The first kappa shape index (κ1) is 24.3. The van der Waals surface area contributed by atoms with E-state index in [0.717, 1.165) is 35.4 Å². The van der Waals surface area contributed by atoms with E-state index in [-0.39, 0.29) is 24.5 Å². The summed E-state index contributed by atoms with van der Waals surface area (Å²) in [5.74, 6) is -0.507. The topological polar surface area (TPSA) is 83.9 Å². The van der Waals surface area contributed by atoms with Crippen molar-refractivity contribution in [3.8, 4) is 5.75 Å². The summed E-state index contributed by atoms with van der Waals surface area (Å²) in [5, 5.41) is 9.99. The van der Waals surface area contributed by atoms with Crippen LogP contribution in [0.3, 0.4) is 0 Å². The molecular weight excluding hydrogens is 478 g/mol. The average molecular weight is 506 g/mol. The van der Waals surface area contributed by atoms with Crippen LogP contribution in [0.1, 0.15) is 62.0 Å². The molecule has 2 aromatic rings. The molecule has 1 aliphatic heterocycles. The second-order valence-electron chi connectivity index (χ2n) is 9.49. The van der Waals surface area contributed by atoms with Gasteiger partial charge in [0, 0.05) is 52.9 Å². The van der Waals surface area contributed by atoms with Crippen LogP contribution in [0.25, 0.3) is 0 Å². The number of carbonyl (C=O) groups excluding carboxylic acids is 2. The Morgan fingerprint density at radius 3 is 2.03 bits per heavy atom. The van der Waals surface area contributed by atoms with Gasteiger partial charge in [-0.1, -0.05) is 35.9 Å². The standard InChI is InChI=1S/C29H28ClNO5/c30-20-11-7-18(8-12-20)17-36-21-13-9-19(10-14-21)27-28-22(3-1-5-24(28)32)31(16-15-26(34)35)23-4-2-6-25(33)29(23)27/h7-14,27H,1-6,15-17H2,(H,34,35). The number of aliphatic carboxylic acids is 1. The number of ether oxygens (including phenoxy) is 1. The van der Waals surface area contributed by atoms with Crippen molar-refractivity contribution in [2.45, 2.75) is 57.5 Å². The van der Waals surface area contributed by atoms with Crippen LogP contribution in [0.4, 0.5) is 0 Å². The molecule has 0 amide bonds. The third-order valence-electron chi connectivity index (χ3n) is 7.17. The summed E-state index contributed by atoms with van der Waals surface area (Å²) in [6.45, 7) is 0.678. The second-order valence-corrected chi connectivity index (χ2v) is 9.92. The zero-order valence-electron chi connectivity index (χ0n) is 20.0. The number of allylic oxidation sites excluding steroid dienone is 4. The molecule has 0 atom stereocenters. The zero-order chi connectivity index (χ0) is 25.2. The highest BCUT2D eigenvalue weighted by molar-refractivity contribution is 6.30. The van der Waals surface area contributed by atoms with E-state index in [1.165, 1.54) is 0 Å². The Balaban J connectivity index is 1.48. The molecule has 0 radical (unpaired) electrons. The van der Waals surface area contributed by atoms with Crippen molar-refractivity contribution in [1.82, 2.24) is 4.90 Å². The summed E-state index contributed by atoms with van der Waals surface area (Å²) in [7, 11) is 0. The van der Waals surface area contributed by atoms with Crippen LogP contribution in [0.5, 0.6) is 5.75 Å². The molecule has 36 heavy (non-hydrogen) atoms. The molecule has 6 nitrogen and oxygen atoms in total. The van der Waals surface area contributed by atoms with E-state index in [1.807, 2.05) is 53.4 Å². The van der Waals surface area contributed by atoms with Gasteiger partial charge in [0.1, 0.15) is 12.4 Å². The molecule has 1 heterocycles. The van der Waals surface area contributed by atoms with Gasteiger partial charge < -0.3 is 14.7 Å². The van der Waals surface area contributed by atoms with Crippen LogP contribution >= 0.6 is 11.6 Å². The quantitative estimate of drug-likeness (QED) is 0.511. The van der Waals surface area contributed by atoms with Crippen LogP contribution in [-0.2, 0) is 21.0 Å². The summed E-state index contributed by atoms with van der Waals surface area (Å²) in [6.07, 6.45) is 3.75. The molecule has 0 saturated heterocycles. The maximum absolute atomic E-state index is 13.3. The Kier molecular flexibility index (Phi) is 6.97. The lowest BCUT2D eigenvalue weighted by atomic mass is 9.71. The monoisotopic (exact) mass is 505 g/mol. The summed E-state index contributed by atoms with van der Waals surface area (Å²) < 4.78 is 5.94. The second kappa shape index (κ2) is 10.3. The number of benzene rings is 2. The van der Waals surface area contributed by atoms with Crippen molar-refractivity contribution in [2.75, 3.05) is 6.54 Å². The van der Waals surface area contributed by atoms with Gasteiger partial charge in [-0.15, -0.1) is 0 Å². The number of ketones is 2. The van der Waals surface area contributed by atoms with Crippen LogP contribution < -0.4 is 4.74 Å². The largest absolute Gasteiger partial charge is 0.489 e. The molecule has 0 unspecified atom stereocenters. The number of halogens is 1. The minimum absolute atomic E-state index is 0.0414. The smallest absolute Gasteiger partial charge is 0.305 e. The Morgan fingerprint density at radius 1 is 0.889 bits per heavy atom. The van der Waals surface area contributed by atoms with Gasteiger partial charge in [-0.05, 0) is 61.1 Å². The van der Waals surface area contributed by atoms with Crippen molar-refractivity contribution in [3.63, 3.8) is 0 Å². The van der Waals surface area contributed by atoms with Crippen LogP contribution in [0, 0.1) is 0 Å². The summed E-state index contributed by atoms with van der Waals surface area (Å²) in [6, 6.07) is 15.1. The normalized spacial score (nSPS) is 18.3. The maximum atomic E-state index is 13.3. The fourth-order valence-electron chi connectivity index (χ4n) is 5.53. The molecule has 1 N–H and O–H groups in total. The van der Waals surface area contributed by atoms with Gasteiger partial charge in [0.05, 0.1) is 6.42 Å². The van der Waals surface area contributed by atoms with Crippen molar-refractivity contribution in [1.29, 1.82) is 0 Å². The molecule has 186 valence electrons. The molecule has 2 aromatic carbocycles. The highest BCUT2D eigenvalue weighted by Gasteiger charge is 2.43. The van der Waals surface area contributed by atoms with Gasteiger partial charge in [0.15, 0.2) is 11.6 Å². The van der Waals surface area contributed by atoms with Crippen LogP contribution in [-0.4, -0.2) is 34.1 Å². The van der Waals surface area contributed by atoms with Gasteiger partial charge in [0.25, 0.3) is 0 Å². The minimum Gasteiger partial charge on any atom is -0.489 e. The number of hydrogen-bond acceptors (Lipinski definition) is 5. The molecule has 5 rings (SSSR count). The molecule has 0 fully saturated rings. The van der Waals surface area contributed by atoms with Gasteiger partial charge in [-0.25, -0.2) is 0 Å². The molecule has 0 spiro atoms. The Labute approximate surface area is 215 Å². The molecule has 7 heteroatoms. The first-order chi connectivity index (χ1) is 17.4. The predicted octanol–water partition coefficient (Wildman–Crippen LogP) is 5.81. The predicted molar refractivity (Wildman–Crippen MR) is 136 cm³/mol. The number of Topliss-reactive ketones (excluding diaryl/α,β-unsaturated/α-hetero) is 2. The Bertz CT molecular complexity index is 1220. The average Bonchev–Trinajstić information content (AvgIpc) is 2.87. The van der Waals surface area contributed by atoms with Crippen molar-refractivity contribution < 1.29 is 24.2 Å². The number of carbonyl (C=O) groups is 3. The van der Waals surface area contributed by atoms with E-state index in [0.29, 0.717) is 54.2 Å². The number of nitrogens with zero attached hydrogens (tertiary/aromatic N) is 1. The van der Waals surface area contributed by atoms with Gasteiger partial charge in [0.2, 0.25) is 0 Å². The highest BCUT2D eigenvalue weighted by atomic mass is 35.5. The summed E-state index contributed by atoms with van der Waals surface area (Å²) >= 11 is 5.95. The SMILES string of the molecule is O=C(O)CCN1C2=C(C(=O)CCC2)C(c2ccc(OCc3ccc(Cl)cc3)cc2)C2=C1CCCC2=O. The number of hydrogen-bond donors (Lipinski definition) is 1. The molecule has 3 aliphatic rings. The van der Waals surface area contributed by atoms with Crippen molar-refractivity contribution in [2.24, 2.45) is 0 Å². The maximum Gasteiger partial charge on any atom is 0.305 e. The van der Waals surface area contributed by atoms with Crippen molar-refractivity contribution >= 4 is 29.1 Å². The zero-order valence-corrected chi connectivity index (χ0v) is 20.7. The van der Waals surface area contributed by atoms with E-state index in [2.05, 4.69) is 0 Å². The van der Waals surface area contributed by atoms with Gasteiger partial charge >= 0.3 is 5.97 Å². The molecule has 2 aliphatic carbocycles.